The standard InChI is InChI=1S/C11H22N4O/c1-9-11(7-15(2)14-9)13-10(8-16-3)5-4-6-12/h7,10,13H,4-6,8,12H2,1-3H3. The first-order chi connectivity index (χ1) is 7.67. The molecule has 0 bridgehead atoms. The molecule has 0 saturated carbocycles. The van der Waals surface area contributed by atoms with Crippen LogP contribution in [0.25, 0.3) is 0 Å². The molecule has 1 atom stereocenters. The average Bonchev–Trinajstić information content (AvgIpc) is 2.54. The molecule has 0 aliphatic carbocycles. The Hall–Kier alpha value is -1.07. The third-order valence-corrected chi connectivity index (χ3v) is 2.50. The van der Waals surface area contributed by atoms with E-state index < -0.39 is 0 Å². The maximum Gasteiger partial charge on any atom is 0.0825 e. The van der Waals surface area contributed by atoms with E-state index in [0.29, 0.717) is 19.2 Å². The Morgan fingerprint density at radius 1 is 1.62 bits per heavy atom. The fourth-order valence-electron chi connectivity index (χ4n) is 1.72. The largest absolute Gasteiger partial charge is 0.383 e. The number of anilines is 1. The van der Waals surface area contributed by atoms with Gasteiger partial charge in [-0.3, -0.25) is 4.68 Å². The Bertz CT molecular complexity index is 311. The highest BCUT2D eigenvalue weighted by molar-refractivity contribution is 5.46. The van der Waals surface area contributed by atoms with Crippen molar-refractivity contribution in [1.82, 2.24) is 9.78 Å². The van der Waals surface area contributed by atoms with Crippen molar-refractivity contribution in [2.45, 2.75) is 25.8 Å². The van der Waals surface area contributed by atoms with Crippen molar-refractivity contribution in [3.63, 3.8) is 0 Å². The molecular weight excluding hydrogens is 204 g/mol. The van der Waals surface area contributed by atoms with Crippen LogP contribution in [0.2, 0.25) is 0 Å². The lowest BCUT2D eigenvalue weighted by Gasteiger charge is -2.18. The van der Waals surface area contributed by atoms with Gasteiger partial charge >= 0.3 is 0 Å². The van der Waals surface area contributed by atoms with E-state index in [-0.39, 0.29) is 0 Å². The number of hydrogen-bond acceptors (Lipinski definition) is 4. The number of methoxy groups -OCH3 is 1. The summed E-state index contributed by atoms with van der Waals surface area (Å²) < 4.78 is 7.00. The number of nitrogens with one attached hydrogen (secondary N) is 1. The van der Waals surface area contributed by atoms with Crippen LogP contribution in [0.3, 0.4) is 0 Å². The van der Waals surface area contributed by atoms with Crippen LogP contribution in [-0.2, 0) is 11.8 Å². The van der Waals surface area contributed by atoms with Crippen molar-refractivity contribution in [1.29, 1.82) is 0 Å². The zero-order valence-electron chi connectivity index (χ0n) is 10.4. The van der Waals surface area contributed by atoms with Crippen molar-refractivity contribution in [3.05, 3.63) is 11.9 Å². The predicted molar refractivity (Wildman–Crippen MR) is 65.5 cm³/mol. The lowest BCUT2D eigenvalue weighted by atomic mass is 10.1. The number of nitrogens with zero attached hydrogens (tertiary/aromatic N) is 2. The van der Waals surface area contributed by atoms with E-state index in [0.717, 1.165) is 24.2 Å². The second kappa shape index (κ2) is 6.50. The number of ether oxygens (including phenoxy) is 1. The lowest BCUT2D eigenvalue weighted by molar-refractivity contribution is 0.182. The van der Waals surface area contributed by atoms with Crippen molar-refractivity contribution in [2.75, 3.05) is 25.6 Å². The summed E-state index contributed by atoms with van der Waals surface area (Å²) in [5, 5.41) is 7.73. The van der Waals surface area contributed by atoms with Gasteiger partial charge in [-0.15, -0.1) is 0 Å². The van der Waals surface area contributed by atoms with Gasteiger partial charge in [0.25, 0.3) is 0 Å². The smallest absolute Gasteiger partial charge is 0.0825 e. The number of aryl methyl sites for hydroxylation is 2. The van der Waals surface area contributed by atoms with Gasteiger partial charge in [-0.2, -0.15) is 5.10 Å². The number of rotatable bonds is 7. The van der Waals surface area contributed by atoms with Crippen LogP contribution in [0.4, 0.5) is 5.69 Å². The Morgan fingerprint density at radius 3 is 2.88 bits per heavy atom. The van der Waals surface area contributed by atoms with E-state index in [1.54, 1.807) is 7.11 Å². The summed E-state index contributed by atoms with van der Waals surface area (Å²) in [6, 6.07) is 0.302. The highest BCUT2D eigenvalue weighted by atomic mass is 16.5. The van der Waals surface area contributed by atoms with E-state index in [1.807, 2.05) is 24.9 Å². The maximum absolute atomic E-state index is 5.52. The topological polar surface area (TPSA) is 65.1 Å². The van der Waals surface area contributed by atoms with E-state index >= 15 is 0 Å². The van der Waals surface area contributed by atoms with Crippen LogP contribution in [0.1, 0.15) is 18.5 Å². The van der Waals surface area contributed by atoms with Crippen LogP contribution in [0.5, 0.6) is 0 Å². The zero-order valence-corrected chi connectivity index (χ0v) is 10.4. The minimum Gasteiger partial charge on any atom is -0.383 e. The van der Waals surface area contributed by atoms with Gasteiger partial charge in [0.15, 0.2) is 0 Å². The average molecular weight is 226 g/mol. The molecule has 92 valence electrons. The first-order valence-electron chi connectivity index (χ1n) is 5.63. The molecule has 1 rings (SSSR count). The van der Waals surface area contributed by atoms with Gasteiger partial charge < -0.3 is 15.8 Å². The van der Waals surface area contributed by atoms with E-state index in [2.05, 4.69) is 10.4 Å². The summed E-state index contributed by atoms with van der Waals surface area (Å²) in [5.74, 6) is 0. The first kappa shape index (κ1) is 13.0. The molecule has 0 aliphatic rings. The molecule has 0 aliphatic heterocycles. The fourth-order valence-corrected chi connectivity index (χ4v) is 1.72. The van der Waals surface area contributed by atoms with Crippen molar-refractivity contribution in [3.8, 4) is 0 Å². The molecule has 3 N–H and O–H groups in total. The van der Waals surface area contributed by atoms with E-state index in [9.17, 15) is 0 Å². The van der Waals surface area contributed by atoms with Crippen molar-refractivity contribution < 1.29 is 4.74 Å². The summed E-state index contributed by atoms with van der Waals surface area (Å²) in [4.78, 5) is 0. The highest BCUT2D eigenvalue weighted by Crippen LogP contribution is 2.14. The molecule has 0 amide bonds. The predicted octanol–water partition coefficient (Wildman–Crippen LogP) is 0.894. The van der Waals surface area contributed by atoms with Gasteiger partial charge in [0.1, 0.15) is 0 Å². The van der Waals surface area contributed by atoms with Crippen molar-refractivity contribution >= 4 is 5.69 Å². The minimum atomic E-state index is 0.302. The monoisotopic (exact) mass is 226 g/mol. The zero-order chi connectivity index (χ0) is 12.0. The maximum atomic E-state index is 5.52. The van der Waals surface area contributed by atoms with Gasteiger partial charge in [0, 0.05) is 26.4 Å². The van der Waals surface area contributed by atoms with Gasteiger partial charge in [-0.25, -0.2) is 0 Å². The molecule has 1 aromatic heterocycles. The van der Waals surface area contributed by atoms with E-state index in [4.69, 9.17) is 10.5 Å². The quantitative estimate of drug-likeness (QED) is 0.725. The van der Waals surface area contributed by atoms with Crippen LogP contribution in [0.15, 0.2) is 6.20 Å². The summed E-state index contributed by atoms with van der Waals surface area (Å²) in [6.07, 6.45) is 4.00. The van der Waals surface area contributed by atoms with Crippen LogP contribution in [0, 0.1) is 6.92 Å². The Labute approximate surface area is 97.0 Å². The lowest BCUT2D eigenvalue weighted by Crippen LogP contribution is -2.26. The van der Waals surface area contributed by atoms with Gasteiger partial charge in [-0.1, -0.05) is 0 Å². The number of hydrogen-bond donors (Lipinski definition) is 2. The Kier molecular flexibility index (Phi) is 5.28. The minimum absolute atomic E-state index is 0.302. The number of aromatic nitrogens is 2. The van der Waals surface area contributed by atoms with Crippen LogP contribution >= 0.6 is 0 Å². The second-order valence-corrected chi connectivity index (χ2v) is 4.03. The fraction of sp³-hybridized carbons (Fsp3) is 0.727. The van der Waals surface area contributed by atoms with Crippen LogP contribution in [-0.4, -0.2) is 36.1 Å². The summed E-state index contributed by atoms with van der Waals surface area (Å²) in [6.45, 7) is 3.40. The normalized spacial score (nSPS) is 12.8. The highest BCUT2D eigenvalue weighted by Gasteiger charge is 2.10. The summed E-state index contributed by atoms with van der Waals surface area (Å²) in [7, 11) is 3.64. The molecule has 1 unspecified atom stereocenters. The SMILES string of the molecule is COCC(CCCN)Nc1cn(C)nc1C. The summed E-state index contributed by atoms with van der Waals surface area (Å²) >= 11 is 0. The molecule has 0 radical (unpaired) electrons. The summed E-state index contributed by atoms with van der Waals surface area (Å²) in [5.41, 5.74) is 7.60. The van der Waals surface area contributed by atoms with Gasteiger partial charge in [0.2, 0.25) is 0 Å². The Morgan fingerprint density at radius 2 is 2.38 bits per heavy atom. The molecule has 0 aromatic carbocycles. The second-order valence-electron chi connectivity index (χ2n) is 4.03. The molecular formula is C11H22N4O. The molecule has 1 aromatic rings. The molecule has 0 spiro atoms. The molecule has 1 heterocycles. The number of nitrogens with two attached hydrogens (primary N) is 1. The molecule has 0 fully saturated rings. The van der Waals surface area contributed by atoms with Gasteiger partial charge in [0.05, 0.1) is 18.0 Å². The van der Waals surface area contributed by atoms with Crippen LogP contribution < -0.4 is 11.1 Å². The molecule has 0 saturated heterocycles. The third kappa shape index (κ3) is 3.83. The third-order valence-electron chi connectivity index (χ3n) is 2.50. The molecule has 5 nitrogen and oxygen atoms in total. The van der Waals surface area contributed by atoms with E-state index in [1.165, 1.54) is 0 Å². The molecule has 5 heteroatoms. The first-order valence-corrected chi connectivity index (χ1v) is 5.63. The molecule has 16 heavy (non-hydrogen) atoms. The van der Waals surface area contributed by atoms with Gasteiger partial charge in [-0.05, 0) is 26.3 Å². The van der Waals surface area contributed by atoms with Crippen molar-refractivity contribution in [2.24, 2.45) is 12.8 Å². The Balaban J connectivity index is 2.56.